The van der Waals surface area contributed by atoms with Gasteiger partial charge in [-0.05, 0) is 19.3 Å². The first kappa shape index (κ1) is 17.4. The predicted molar refractivity (Wildman–Crippen MR) is 73.1 cm³/mol. The lowest BCUT2D eigenvalue weighted by Gasteiger charge is -2.06. The number of nitrogens with one attached hydrogen (secondary N) is 1. The van der Waals surface area contributed by atoms with Crippen LogP contribution >= 0.6 is 0 Å². The molecule has 1 amide bonds. The molecule has 108 valence electrons. The molecule has 0 fully saturated rings. The molecule has 0 aliphatic carbocycles. The number of hydrogen-bond acceptors (Lipinski definition) is 3. The second kappa shape index (κ2) is 12.8. The molecule has 0 aromatic rings. The molecule has 0 aliphatic heterocycles. The van der Waals surface area contributed by atoms with Gasteiger partial charge in [-0.2, -0.15) is 0 Å². The van der Waals surface area contributed by atoms with E-state index in [1.165, 1.54) is 32.1 Å². The minimum atomic E-state index is -1.26. The zero-order valence-electron chi connectivity index (χ0n) is 11.7. The zero-order valence-corrected chi connectivity index (χ0v) is 11.7. The van der Waals surface area contributed by atoms with E-state index in [-0.39, 0.29) is 5.91 Å². The number of aliphatic hydroxyl groups is 2. The van der Waals surface area contributed by atoms with Crippen LogP contribution in [0.1, 0.15) is 71.1 Å². The average Bonchev–Trinajstić information content (AvgIpc) is 2.33. The van der Waals surface area contributed by atoms with E-state index < -0.39 is 6.29 Å². The summed E-state index contributed by atoms with van der Waals surface area (Å²) in [5.74, 6) is 0.0796. The van der Waals surface area contributed by atoms with Crippen molar-refractivity contribution < 1.29 is 15.0 Å². The first-order valence-corrected chi connectivity index (χ1v) is 7.29. The molecule has 0 heterocycles. The maximum Gasteiger partial charge on any atom is 0.219 e. The van der Waals surface area contributed by atoms with E-state index in [9.17, 15) is 4.79 Å². The number of carbonyl (C=O) groups is 1. The van der Waals surface area contributed by atoms with E-state index in [2.05, 4.69) is 12.2 Å². The van der Waals surface area contributed by atoms with Crippen molar-refractivity contribution >= 4 is 5.91 Å². The Kier molecular flexibility index (Phi) is 12.4. The lowest BCUT2D eigenvalue weighted by molar-refractivity contribution is -0.121. The lowest BCUT2D eigenvalue weighted by atomic mass is 10.1. The van der Waals surface area contributed by atoms with Gasteiger partial charge in [-0.1, -0.05) is 45.4 Å². The SMILES string of the molecule is CCCCCCCCCC(=O)NCCCC(O)O. The van der Waals surface area contributed by atoms with E-state index >= 15 is 0 Å². The van der Waals surface area contributed by atoms with E-state index in [4.69, 9.17) is 10.2 Å². The van der Waals surface area contributed by atoms with Crippen LogP contribution in [-0.2, 0) is 4.79 Å². The molecule has 0 bridgehead atoms. The summed E-state index contributed by atoms with van der Waals surface area (Å²) in [5, 5.41) is 20.0. The Balaban J connectivity index is 3.17. The first-order valence-electron chi connectivity index (χ1n) is 7.29. The second-order valence-corrected chi connectivity index (χ2v) is 4.84. The van der Waals surface area contributed by atoms with Crippen molar-refractivity contribution in [2.75, 3.05) is 6.54 Å². The summed E-state index contributed by atoms with van der Waals surface area (Å²) in [6, 6.07) is 0. The highest BCUT2D eigenvalue weighted by molar-refractivity contribution is 5.75. The number of carbonyl (C=O) groups excluding carboxylic acids is 1. The summed E-state index contributed by atoms with van der Waals surface area (Å²) < 4.78 is 0. The molecule has 0 spiro atoms. The number of rotatable bonds is 12. The summed E-state index contributed by atoms with van der Waals surface area (Å²) in [4.78, 5) is 11.4. The highest BCUT2D eigenvalue weighted by atomic mass is 16.5. The fourth-order valence-electron chi connectivity index (χ4n) is 1.84. The summed E-state index contributed by atoms with van der Waals surface area (Å²) in [6.07, 6.45) is 8.76. The summed E-state index contributed by atoms with van der Waals surface area (Å²) in [5.41, 5.74) is 0. The van der Waals surface area contributed by atoms with E-state index in [0.29, 0.717) is 25.8 Å². The molecule has 0 rings (SSSR count). The van der Waals surface area contributed by atoms with E-state index in [1.54, 1.807) is 0 Å². The molecular formula is C14H29NO3. The Morgan fingerprint density at radius 2 is 1.61 bits per heavy atom. The quantitative estimate of drug-likeness (QED) is 0.372. The molecule has 4 heteroatoms. The molecule has 3 N–H and O–H groups in total. The largest absolute Gasteiger partial charge is 0.368 e. The van der Waals surface area contributed by atoms with Crippen LogP contribution in [0, 0.1) is 0 Å². The fourth-order valence-corrected chi connectivity index (χ4v) is 1.84. The predicted octanol–water partition coefficient (Wildman–Crippen LogP) is 2.33. The van der Waals surface area contributed by atoms with Crippen LogP contribution in [0.15, 0.2) is 0 Å². The topological polar surface area (TPSA) is 69.6 Å². The van der Waals surface area contributed by atoms with Gasteiger partial charge in [-0.3, -0.25) is 4.79 Å². The van der Waals surface area contributed by atoms with Gasteiger partial charge in [0.15, 0.2) is 6.29 Å². The molecule has 0 aromatic carbocycles. The third-order valence-corrected chi connectivity index (χ3v) is 2.97. The van der Waals surface area contributed by atoms with Crippen molar-refractivity contribution in [3.8, 4) is 0 Å². The van der Waals surface area contributed by atoms with Gasteiger partial charge in [0.1, 0.15) is 0 Å². The monoisotopic (exact) mass is 259 g/mol. The minimum absolute atomic E-state index is 0.0796. The molecule has 0 aromatic heterocycles. The first-order chi connectivity index (χ1) is 8.66. The van der Waals surface area contributed by atoms with Crippen molar-refractivity contribution in [2.24, 2.45) is 0 Å². The molecule has 18 heavy (non-hydrogen) atoms. The molecular weight excluding hydrogens is 230 g/mol. The van der Waals surface area contributed by atoms with Crippen LogP contribution in [0.5, 0.6) is 0 Å². The number of unbranched alkanes of at least 4 members (excludes halogenated alkanes) is 6. The fraction of sp³-hybridized carbons (Fsp3) is 0.929. The van der Waals surface area contributed by atoms with Crippen molar-refractivity contribution in [1.29, 1.82) is 0 Å². The Morgan fingerprint density at radius 1 is 1.00 bits per heavy atom. The summed E-state index contributed by atoms with van der Waals surface area (Å²) in [7, 11) is 0. The Morgan fingerprint density at radius 3 is 2.22 bits per heavy atom. The highest BCUT2D eigenvalue weighted by Gasteiger charge is 2.01. The molecule has 4 nitrogen and oxygen atoms in total. The van der Waals surface area contributed by atoms with Crippen molar-refractivity contribution in [2.45, 2.75) is 77.4 Å². The molecule has 0 radical (unpaired) electrons. The normalized spacial score (nSPS) is 10.9. The van der Waals surface area contributed by atoms with Gasteiger partial charge in [0.25, 0.3) is 0 Å². The standard InChI is InChI=1S/C14H29NO3/c1-2-3-4-5-6-7-8-10-13(16)15-12-9-11-14(17)18/h14,17-18H,2-12H2,1H3,(H,15,16). The summed E-state index contributed by atoms with van der Waals surface area (Å²) in [6.45, 7) is 2.74. The zero-order chi connectivity index (χ0) is 13.6. The van der Waals surface area contributed by atoms with Crippen LogP contribution in [0.4, 0.5) is 0 Å². The molecule has 0 saturated carbocycles. The number of hydrogen-bond donors (Lipinski definition) is 3. The van der Waals surface area contributed by atoms with Crippen LogP contribution in [-0.4, -0.2) is 29.0 Å². The third kappa shape index (κ3) is 13.5. The van der Waals surface area contributed by atoms with Gasteiger partial charge in [0, 0.05) is 13.0 Å². The van der Waals surface area contributed by atoms with Crippen molar-refractivity contribution in [3.05, 3.63) is 0 Å². The van der Waals surface area contributed by atoms with Crippen LogP contribution in [0.25, 0.3) is 0 Å². The smallest absolute Gasteiger partial charge is 0.219 e. The minimum Gasteiger partial charge on any atom is -0.368 e. The average molecular weight is 259 g/mol. The van der Waals surface area contributed by atoms with Gasteiger partial charge in [-0.25, -0.2) is 0 Å². The highest BCUT2D eigenvalue weighted by Crippen LogP contribution is 2.08. The van der Waals surface area contributed by atoms with E-state index in [1.807, 2.05) is 0 Å². The Bertz CT molecular complexity index is 195. The molecule has 0 aliphatic rings. The van der Waals surface area contributed by atoms with Gasteiger partial charge >= 0.3 is 0 Å². The van der Waals surface area contributed by atoms with E-state index in [0.717, 1.165) is 12.8 Å². The van der Waals surface area contributed by atoms with Crippen LogP contribution in [0.2, 0.25) is 0 Å². The number of amides is 1. The Labute approximate surface area is 111 Å². The molecule has 0 saturated heterocycles. The third-order valence-electron chi connectivity index (χ3n) is 2.97. The van der Waals surface area contributed by atoms with Gasteiger partial charge < -0.3 is 15.5 Å². The molecule has 0 atom stereocenters. The van der Waals surface area contributed by atoms with Gasteiger partial charge in [0.05, 0.1) is 0 Å². The maximum absolute atomic E-state index is 11.4. The van der Waals surface area contributed by atoms with Crippen molar-refractivity contribution in [1.82, 2.24) is 5.32 Å². The maximum atomic E-state index is 11.4. The van der Waals surface area contributed by atoms with Crippen LogP contribution < -0.4 is 5.32 Å². The van der Waals surface area contributed by atoms with Crippen LogP contribution in [0.3, 0.4) is 0 Å². The van der Waals surface area contributed by atoms with Gasteiger partial charge in [-0.15, -0.1) is 0 Å². The summed E-state index contributed by atoms with van der Waals surface area (Å²) >= 11 is 0. The number of aliphatic hydroxyl groups excluding tert-OH is 1. The van der Waals surface area contributed by atoms with Crippen molar-refractivity contribution in [3.63, 3.8) is 0 Å². The second-order valence-electron chi connectivity index (χ2n) is 4.84. The Hall–Kier alpha value is -0.610. The molecule has 0 unspecified atom stereocenters. The van der Waals surface area contributed by atoms with Gasteiger partial charge in [0.2, 0.25) is 5.91 Å². The lowest BCUT2D eigenvalue weighted by Crippen LogP contribution is -2.24.